The van der Waals surface area contributed by atoms with Crippen LogP contribution < -0.4 is 0 Å². The number of hydrogen-bond donors (Lipinski definition) is 1. The number of rotatable bonds is 11. The molecule has 0 aliphatic rings. The van der Waals surface area contributed by atoms with Crippen LogP contribution in [0.2, 0.25) is 4.47 Å². The number of unbranched alkanes of at least 4 members (excludes halogenated alkanes) is 5. The number of aliphatic hydroxyl groups is 1. The molecule has 1 N–H and O–H groups in total. The summed E-state index contributed by atoms with van der Waals surface area (Å²) in [6.07, 6.45) is 10.1. The summed E-state index contributed by atoms with van der Waals surface area (Å²) in [6.45, 7) is 6.80. The van der Waals surface area contributed by atoms with E-state index in [1.54, 1.807) is 3.62 Å². The normalized spacial score (nSPS) is 10.5. The molecule has 2 heteroatoms. The van der Waals surface area contributed by atoms with E-state index in [0.29, 0.717) is 6.61 Å². The van der Waals surface area contributed by atoms with Gasteiger partial charge in [0, 0.05) is 0 Å². The average Bonchev–Trinajstić information content (AvgIpc) is 2.23. The molecule has 0 heterocycles. The molecular formula is C13H26OTe. The van der Waals surface area contributed by atoms with E-state index in [-0.39, 0.29) is 20.9 Å². The van der Waals surface area contributed by atoms with Crippen molar-refractivity contribution < 1.29 is 5.11 Å². The Bertz CT molecular complexity index is 145. The molecule has 0 fully saturated rings. The Balaban J connectivity index is 3.10. The molecule has 0 bridgehead atoms. The second-order valence-electron chi connectivity index (χ2n) is 3.98. The van der Waals surface area contributed by atoms with Gasteiger partial charge in [-0.05, 0) is 0 Å². The van der Waals surface area contributed by atoms with E-state index < -0.39 is 0 Å². The molecule has 1 nitrogen and oxygen atoms in total. The van der Waals surface area contributed by atoms with Crippen molar-refractivity contribution in [1.29, 1.82) is 0 Å². The van der Waals surface area contributed by atoms with Crippen molar-refractivity contribution in [1.82, 2.24) is 0 Å². The van der Waals surface area contributed by atoms with Gasteiger partial charge >= 0.3 is 106 Å². The summed E-state index contributed by atoms with van der Waals surface area (Å²) in [7, 11) is 0. The molecule has 15 heavy (non-hydrogen) atoms. The Morgan fingerprint density at radius 3 is 2.40 bits per heavy atom. The minimum atomic E-state index is 0.122. The van der Waals surface area contributed by atoms with Crippen molar-refractivity contribution in [2.75, 3.05) is 6.61 Å². The van der Waals surface area contributed by atoms with Crippen LogP contribution in [0.1, 0.15) is 58.3 Å². The summed E-state index contributed by atoms with van der Waals surface area (Å²) >= 11 is 0.122. The maximum absolute atomic E-state index is 8.62. The molecule has 0 aromatic carbocycles. The summed E-state index contributed by atoms with van der Waals surface area (Å²) in [5, 5.41) is 8.62. The van der Waals surface area contributed by atoms with E-state index >= 15 is 0 Å². The van der Waals surface area contributed by atoms with Crippen LogP contribution in [-0.2, 0) is 0 Å². The van der Waals surface area contributed by atoms with Crippen LogP contribution in [0.25, 0.3) is 0 Å². The first-order valence-electron chi connectivity index (χ1n) is 6.22. The van der Waals surface area contributed by atoms with Crippen LogP contribution in [0.3, 0.4) is 0 Å². The van der Waals surface area contributed by atoms with Crippen molar-refractivity contribution in [3.63, 3.8) is 0 Å². The fraction of sp³-hybridized carbons (Fsp3) is 0.846. The summed E-state index contributed by atoms with van der Waals surface area (Å²) < 4.78 is 3.02. The van der Waals surface area contributed by atoms with Crippen LogP contribution in [0.4, 0.5) is 0 Å². The quantitative estimate of drug-likeness (QED) is 0.453. The Labute approximate surface area is 105 Å². The van der Waals surface area contributed by atoms with Gasteiger partial charge < -0.3 is 0 Å². The second-order valence-corrected chi connectivity index (χ2v) is 7.62. The molecule has 0 saturated heterocycles. The molecule has 0 aliphatic carbocycles. The molecule has 0 aliphatic heterocycles. The average molecular weight is 326 g/mol. The van der Waals surface area contributed by atoms with Crippen molar-refractivity contribution in [2.24, 2.45) is 0 Å². The zero-order valence-electron chi connectivity index (χ0n) is 10.1. The van der Waals surface area contributed by atoms with Gasteiger partial charge in [0.05, 0.1) is 0 Å². The molecule has 0 amide bonds. The fourth-order valence-corrected chi connectivity index (χ4v) is 4.28. The Hall–Kier alpha value is 0.490. The molecule has 0 aromatic rings. The SMILES string of the molecule is C=C(CCCCCCCO)[Te]CCCC. The van der Waals surface area contributed by atoms with Crippen LogP contribution in [0, 0.1) is 0 Å². The monoisotopic (exact) mass is 328 g/mol. The minimum absolute atomic E-state index is 0.122. The summed E-state index contributed by atoms with van der Waals surface area (Å²) in [5.41, 5.74) is 0. The number of aliphatic hydroxyl groups excluding tert-OH is 1. The first-order valence-corrected chi connectivity index (χ1v) is 9.04. The first kappa shape index (κ1) is 15.5. The predicted octanol–water partition coefficient (Wildman–Crippen LogP) is 3.76. The van der Waals surface area contributed by atoms with Gasteiger partial charge in [-0.1, -0.05) is 0 Å². The molecular weight excluding hydrogens is 300 g/mol. The fourth-order valence-electron chi connectivity index (χ4n) is 1.40. The third-order valence-corrected chi connectivity index (χ3v) is 5.57. The van der Waals surface area contributed by atoms with E-state index in [0.717, 1.165) is 6.42 Å². The third kappa shape index (κ3) is 12.4. The Morgan fingerprint density at radius 1 is 1.07 bits per heavy atom. The molecule has 0 radical (unpaired) electrons. The van der Waals surface area contributed by atoms with E-state index in [1.165, 1.54) is 49.4 Å². The molecule has 0 unspecified atom stereocenters. The molecule has 0 atom stereocenters. The van der Waals surface area contributed by atoms with Gasteiger partial charge in [0.25, 0.3) is 0 Å². The van der Waals surface area contributed by atoms with Crippen LogP contribution in [0.5, 0.6) is 0 Å². The number of hydrogen-bond acceptors (Lipinski definition) is 1. The van der Waals surface area contributed by atoms with E-state index in [9.17, 15) is 0 Å². The molecule has 0 aromatic heterocycles. The van der Waals surface area contributed by atoms with E-state index in [1.807, 2.05) is 0 Å². The predicted molar refractivity (Wildman–Crippen MR) is 69.4 cm³/mol. The van der Waals surface area contributed by atoms with Gasteiger partial charge in [0.2, 0.25) is 0 Å². The number of allylic oxidation sites excluding steroid dienone is 1. The van der Waals surface area contributed by atoms with Crippen LogP contribution in [-0.4, -0.2) is 32.6 Å². The second kappa shape index (κ2) is 12.6. The molecule has 0 saturated carbocycles. The van der Waals surface area contributed by atoms with E-state index in [2.05, 4.69) is 13.5 Å². The van der Waals surface area contributed by atoms with Gasteiger partial charge in [-0.2, -0.15) is 0 Å². The molecule has 0 rings (SSSR count). The zero-order valence-corrected chi connectivity index (χ0v) is 12.5. The van der Waals surface area contributed by atoms with Gasteiger partial charge in [0.1, 0.15) is 0 Å². The van der Waals surface area contributed by atoms with Gasteiger partial charge in [-0.15, -0.1) is 0 Å². The van der Waals surface area contributed by atoms with Crippen molar-refractivity contribution in [3.05, 3.63) is 10.2 Å². The van der Waals surface area contributed by atoms with Gasteiger partial charge in [0.15, 0.2) is 0 Å². The Morgan fingerprint density at radius 2 is 1.73 bits per heavy atom. The first-order chi connectivity index (χ1) is 7.31. The topological polar surface area (TPSA) is 20.2 Å². The van der Waals surface area contributed by atoms with E-state index in [4.69, 9.17) is 5.11 Å². The zero-order chi connectivity index (χ0) is 11.4. The van der Waals surface area contributed by atoms with Gasteiger partial charge in [-0.3, -0.25) is 0 Å². The summed E-state index contributed by atoms with van der Waals surface area (Å²) in [4.78, 5) is 0. The van der Waals surface area contributed by atoms with Crippen molar-refractivity contribution >= 4 is 20.9 Å². The van der Waals surface area contributed by atoms with Crippen LogP contribution >= 0.6 is 0 Å². The summed E-state index contributed by atoms with van der Waals surface area (Å²) in [6, 6.07) is 0. The third-order valence-electron chi connectivity index (χ3n) is 2.42. The standard InChI is InChI=1S/C13H26OTe/c1-3-4-12-15-13(2)10-8-6-5-7-9-11-14/h14H,2-12H2,1H3. The Kier molecular flexibility index (Phi) is 13.0. The van der Waals surface area contributed by atoms with Crippen molar-refractivity contribution in [3.8, 4) is 0 Å². The van der Waals surface area contributed by atoms with Gasteiger partial charge in [-0.25, -0.2) is 0 Å². The molecule has 90 valence electrons. The summed E-state index contributed by atoms with van der Waals surface area (Å²) in [5.74, 6) is 0. The maximum atomic E-state index is 8.62. The molecule has 0 spiro atoms. The van der Waals surface area contributed by atoms with Crippen molar-refractivity contribution in [2.45, 2.75) is 62.8 Å². The van der Waals surface area contributed by atoms with Crippen LogP contribution in [0.15, 0.2) is 10.2 Å².